The van der Waals surface area contributed by atoms with Crippen molar-refractivity contribution in [3.8, 4) is 0 Å². The summed E-state index contributed by atoms with van der Waals surface area (Å²) in [6.45, 7) is 0.308. The number of rotatable bonds is 5. The fourth-order valence-electron chi connectivity index (χ4n) is 2.93. The third kappa shape index (κ3) is 3.13. The molecular formula is C18H19N5O. The molecule has 0 spiro atoms. The van der Waals surface area contributed by atoms with Crippen LogP contribution in [0, 0.1) is 0 Å². The van der Waals surface area contributed by atoms with Gasteiger partial charge in [-0.25, -0.2) is 9.50 Å². The predicted octanol–water partition coefficient (Wildman–Crippen LogP) is 2.25. The van der Waals surface area contributed by atoms with Crippen LogP contribution in [0.2, 0.25) is 0 Å². The van der Waals surface area contributed by atoms with Crippen molar-refractivity contribution in [3.05, 3.63) is 59.7 Å². The van der Waals surface area contributed by atoms with E-state index in [-0.39, 0.29) is 5.91 Å². The van der Waals surface area contributed by atoms with Crippen molar-refractivity contribution in [3.63, 3.8) is 0 Å². The van der Waals surface area contributed by atoms with E-state index in [1.165, 1.54) is 24.8 Å². The minimum atomic E-state index is -0.0294. The summed E-state index contributed by atoms with van der Waals surface area (Å²) >= 11 is 0. The summed E-state index contributed by atoms with van der Waals surface area (Å²) in [5.41, 5.74) is 2.42. The standard InChI is InChI=1S/C18H19N5O/c24-17(11-13-5-7-15(8-6-13)14-3-1-4-14)20-12-16-21-18-19-9-2-10-23(18)22-16/h2,5-10,14H,1,3-4,11-12H2,(H,20,24). The van der Waals surface area contributed by atoms with Gasteiger partial charge in [-0.3, -0.25) is 4.79 Å². The molecule has 0 atom stereocenters. The molecule has 3 aromatic rings. The Morgan fingerprint density at radius 1 is 1.25 bits per heavy atom. The molecule has 1 N–H and O–H groups in total. The number of carbonyl (C=O) groups excluding carboxylic acids is 1. The number of nitrogens with one attached hydrogen (secondary N) is 1. The average molecular weight is 321 g/mol. The highest BCUT2D eigenvalue weighted by Crippen LogP contribution is 2.36. The first kappa shape index (κ1) is 14.8. The highest BCUT2D eigenvalue weighted by Gasteiger charge is 2.19. The third-order valence-corrected chi connectivity index (χ3v) is 4.53. The number of hydrogen-bond acceptors (Lipinski definition) is 4. The smallest absolute Gasteiger partial charge is 0.252 e. The molecule has 4 rings (SSSR count). The molecule has 1 aliphatic rings. The molecule has 0 unspecified atom stereocenters. The molecule has 2 heterocycles. The van der Waals surface area contributed by atoms with Gasteiger partial charge in [-0.1, -0.05) is 30.7 Å². The summed E-state index contributed by atoms with van der Waals surface area (Å²) < 4.78 is 1.60. The van der Waals surface area contributed by atoms with Crippen LogP contribution in [0.25, 0.3) is 5.78 Å². The maximum atomic E-state index is 12.1. The molecular weight excluding hydrogens is 302 g/mol. The largest absolute Gasteiger partial charge is 0.348 e. The van der Waals surface area contributed by atoms with Gasteiger partial charge < -0.3 is 5.32 Å². The van der Waals surface area contributed by atoms with E-state index in [1.54, 1.807) is 23.0 Å². The minimum absolute atomic E-state index is 0.0294. The Labute approximate surface area is 139 Å². The van der Waals surface area contributed by atoms with E-state index in [4.69, 9.17) is 0 Å². The SMILES string of the molecule is O=C(Cc1ccc(C2CCC2)cc1)NCc1nc2ncccn2n1. The van der Waals surface area contributed by atoms with Crippen molar-refractivity contribution in [2.75, 3.05) is 0 Å². The monoisotopic (exact) mass is 321 g/mol. The lowest BCUT2D eigenvalue weighted by atomic mass is 9.80. The normalized spacial score (nSPS) is 14.5. The van der Waals surface area contributed by atoms with Gasteiger partial charge in [0.1, 0.15) is 0 Å². The summed E-state index contributed by atoms with van der Waals surface area (Å²) in [6.07, 6.45) is 7.74. The molecule has 2 aromatic heterocycles. The van der Waals surface area contributed by atoms with Crippen LogP contribution >= 0.6 is 0 Å². The summed E-state index contributed by atoms with van der Waals surface area (Å²) in [5.74, 6) is 1.79. The first-order chi connectivity index (χ1) is 11.8. The van der Waals surface area contributed by atoms with Crippen LogP contribution in [-0.4, -0.2) is 25.5 Å². The molecule has 122 valence electrons. The molecule has 0 aliphatic heterocycles. The first-order valence-electron chi connectivity index (χ1n) is 8.30. The Kier molecular flexibility index (Phi) is 3.94. The lowest BCUT2D eigenvalue weighted by Gasteiger charge is -2.25. The number of amides is 1. The van der Waals surface area contributed by atoms with E-state index in [1.807, 2.05) is 0 Å². The van der Waals surface area contributed by atoms with Gasteiger partial charge in [0, 0.05) is 12.4 Å². The quantitative estimate of drug-likeness (QED) is 0.782. The molecule has 24 heavy (non-hydrogen) atoms. The van der Waals surface area contributed by atoms with Gasteiger partial charge in [-0.15, -0.1) is 5.10 Å². The number of fused-ring (bicyclic) bond motifs is 1. The van der Waals surface area contributed by atoms with Gasteiger partial charge in [0.05, 0.1) is 13.0 Å². The van der Waals surface area contributed by atoms with E-state index in [9.17, 15) is 4.79 Å². The van der Waals surface area contributed by atoms with Gasteiger partial charge in [0.2, 0.25) is 5.91 Å². The molecule has 0 bridgehead atoms. The maximum Gasteiger partial charge on any atom is 0.252 e. The van der Waals surface area contributed by atoms with E-state index in [0.717, 1.165) is 11.5 Å². The lowest BCUT2D eigenvalue weighted by molar-refractivity contribution is -0.120. The van der Waals surface area contributed by atoms with Gasteiger partial charge in [-0.05, 0) is 36.0 Å². The highest BCUT2D eigenvalue weighted by molar-refractivity contribution is 5.78. The summed E-state index contributed by atoms with van der Waals surface area (Å²) in [7, 11) is 0. The molecule has 1 saturated carbocycles. The molecule has 0 radical (unpaired) electrons. The van der Waals surface area contributed by atoms with Crippen molar-refractivity contribution in [1.29, 1.82) is 0 Å². The fourth-order valence-corrected chi connectivity index (χ4v) is 2.93. The first-order valence-corrected chi connectivity index (χ1v) is 8.30. The molecule has 1 amide bonds. The Balaban J connectivity index is 1.32. The second-order valence-corrected chi connectivity index (χ2v) is 6.22. The predicted molar refractivity (Wildman–Crippen MR) is 89.4 cm³/mol. The van der Waals surface area contributed by atoms with E-state index < -0.39 is 0 Å². The van der Waals surface area contributed by atoms with Gasteiger partial charge in [0.15, 0.2) is 5.82 Å². The van der Waals surface area contributed by atoms with Crippen LogP contribution in [-0.2, 0) is 17.8 Å². The molecule has 1 aliphatic carbocycles. The Hall–Kier alpha value is -2.76. The molecule has 6 heteroatoms. The summed E-state index contributed by atoms with van der Waals surface area (Å²) in [6, 6.07) is 10.2. The summed E-state index contributed by atoms with van der Waals surface area (Å²) in [4.78, 5) is 20.5. The van der Waals surface area contributed by atoms with E-state index >= 15 is 0 Å². The Morgan fingerprint density at radius 2 is 2.08 bits per heavy atom. The molecule has 1 fully saturated rings. The van der Waals surface area contributed by atoms with Gasteiger partial charge in [0.25, 0.3) is 5.78 Å². The van der Waals surface area contributed by atoms with Crippen molar-refractivity contribution < 1.29 is 4.79 Å². The van der Waals surface area contributed by atoms with Crippen molar-refractivity contribution >= 4 is 11.7 Å². The van der Waals surface area contributed by atoms with E-state index in [0.29, 0.717) is 24.6 Å². The minimum Gasteiger partial charge on any atom is -0.348 e. The highest BCUT2D eigenvalue weighted by atomic mass is 16.1. The lowest BCUT2D eigenvalue weighted by Crippen LogP contribution is -2.25. The number of aromatic nitrogens is 4. The number of carbonyl (C=O) groups is 1. The average Bonchev–Trinajstić information content (AvgIpc) is 2.96. The molecule has 0 saturated heterocycles. The zero-order valence-corrected chi connectivity index (χ0v) is 13.4. The molecule has 6 nitrogen and oxygen atoms in total. The van der Waals surface area contributed by atoms with Crippen LogP contribution < -0.4 is 5.32 Å². The fraction of sp³-hybridized carbons (Fsp3) is 0.333. The topological polar surface area (TPSA) is 72.2 Å². The zero-order valence-electron chi connectivity index (χ0n) is 13.4. The maximum absolute atomic E-state index is 12.1. The van der Waals surface area contributed by atoms with E-state index in [2.05, 4.69) is 44.6 Å². The van der Waals surface area contributed by atoms with Crippen molar-refractivity contribution in [1.82, 2.24) is 24.9 Å². The summed E-state index contributed by atoms with van der Waals surface area (Å²) in [5, 5.41) is 7.13. The number of benzene rings is 1. The third-order valence-electron chi connectivity index (χ3n) is 4.53. The van der Waals surface area contributed by atoms with Crippen molar-refractivity contribution in [2.24, 2.45) is 0 Å². The van der Waals surface area contributed by atoms with Gasteiger partial charge in [-0.2, -0.15) is 4.98 Å². The van der Waals surface area contributed by atoms with Crippen LogP contribution in [0.1, 0.15) is 42.1 Å². The molecule has 1 aromatic carbocycles. The second-order valence-electron chi connectivity index (χ2n) is 6.22. The van der Waals surface area contributed by atoms with Crippen molar-refractivity contribution in [2.45, 2.75) is 38.1 Å². The van der Waals surface area contributed by atoms with Crippen LogP contribution in [0.15, 0.2) is 42.7 Å². The number of nitrogens with zero attached hydrogens (tertiary/aromatic N) is 4. The van der Waals surface area contributed by atoms with Gasteiger partial charge >= 0.3 is 0 Å². The van der Waals surface area contributed by atoms with Crippen LogP contribution in [0.4, 0.5) is 0 Å². The zero-order chi connectivity index (χ0) is 16.4. The van der Waals surface area contributed by atoms with Crippen LogP contribution in [0.3, 0.4) is 0 Å². The van der Waals surface area contributed by atoms with Crippen LogP contribution in [0.5, 0.6) is 0 Å². The number of hydrogen-bond donors (Lipinski definition) is 1. The Bertz CT molecular complexity index is 818. The Morgan fingerprint density at radius 3 is 2.79 bits per heavy atom. The second kappa shape index (κ2) is 6.39.